The molecular formula is C14H23N3S. The van der Waals surface area contributed by atoms with Crippen molar-refractivity contribution >= 4 is 11.3 Å². The summed E-state index contributed by atoms with van der Waals surface area (Å²) >= 11 is 1.77. The highest BCUT2D eigenvalue weighted by Crippen LogP contribution is 2.15. The first-order chi connectivity index (χ1) is 8.63. The van der Waals surface area contributed by atoms with E-state index in [2.05, 4.69) is 42.4 Å². The first kappa shape index (κ1) is 13.7. The van der Waals surface area contributed by atoms with E-state index in [1.807, 2.05) is 0 Å². The molecule has 0 bridgehead atoms. The van der Waals surface area contributed by atoms with E-state index in [4.69, 9.17) is 4.98 Å². The van der Waals surface area contributed by atoms with Gasteiger partial charge in [-0.25, -0.2) is 4.98 Å². The molecule has 0 fully saturated rings. The minimum Gasteiger partial charge on any atom is -0.308 e. The van der Waals surface area contributed by atoms with Crippen LogP contribution in [0.15, 0.2) is 17.0 Å². The van der Waals surface area contributed by atoms with Crippen molar-refractivity contribution in [2.75, 3.05) is 13.1 Å². The van der Waals surface area contributed by atoms with Gasteiger partial charge in [-0.15, -0.1) is 11.3 Å². The average Bonchev–Trinajstić information content (AvgIpc) is 2.74. The molecule has 0 atom stereocenters. The lowest BCUT2D eigenvalue weighted by Crippen LogP contribution is -2.29. The highest BCUT2D eigenvalue weighted by Gasteiger charge is 2.12. The summed E-state index contributed by atoms with van der Waals surface area (Å²) in [5.41, 5.74) is 2.70. The molecule has 0 saturated heterocycles. The zero-order valence-electron chi connectivity index (χ0n) is 11.6. The second kappa shape index (κ2) is 6.45. The molecule has 0 saturated carbocycles. The highest BCUT2D eigenvalue weighted by atomic mass is 32.1. The normalized spacial score (nSPS) is 17.2. The first-order valence-corrected chi connectivity index (χ1v) is 7.56. The lowest BCUT2D eigenvalue weighted by molar-refractivity contribution is 0.279. The molecule has 4 heteroatoms. The highest BCUT2D eigenvalue weighted by molar-refractivity contribution is 7.09. The van der Waals surface area contributed by atoms with E-state index in [0.717, 1.165) is 26.2 Å². The maximum Gasteiger partial charge on any atom is 0.107 e. The molecule has 0 aromatic carbocycles. The Labute approximate surface area is 114 Å². The third-order valence-electron chi connectivity index (χ3n) is 3.06. The quantitative estimate of drug-likeness (QED) is 0.830. The van der Waals surface area contributed by atoms with Crippen LogP contribution < -0.4 is 5.32 Å². The number of thiazole rings is 1. The van der Waals surface area contributed by atoms with E-state index in [1.54, 1.807) is 11.3 Å². The predicted molar refractivity (Wildman–Crippen MR) is 77.7 cm³/mol. The van der Waals surface area contributed by atoms with E-state index in [0.29, 0.717) is 6.04 Å². The molecule has 1 aromatic rings. The van der Waals surface area contributed by atoms with Gasteiger partial charge in [0.25, 0.3) is 0 Å². The number of hydrogen-bond donors (Lipinski definition) is 1. The summed E-state index contributed by atoms with van der Waals surface area (Å²) in [4.78, 5) is 7.17. The molecule has 1 N–H and O–H groups in total. The van der Waals surface area contributed by atoms with Gasteiger partial charge in [-0.2, -0.15) is 0 Å². The minimum absolute atomic E-state index is 0.521. The van der Waals surface area contributed by atoms with Crippen molar-refractivity contribution in [1.29, 1.82) is 0 Å². The van der Waals surface area contributed by atoms with Crippen molar-refractivity contribution in [3.63, 3.8) is 0 Å². The Morgan fingerprint density at radius 2 is 2.33 bits per heavy atom. The van der Waals surface area contributed by atoms with Gasteiger partial charge in [-0.3, -0.25) is 4.90 Å². The van der Waals surface area contributed by atoms with Crippen LogP contribution in [-0.2, 0) is 13.1 Å². The zero-order chi connectivity index (χ0) is 13.0. The fourth-order valence-corrected chi connectivity index (χ4v) is 2.88. The fourth-order valence-electron chi connectivity index (χ4n) is 2.15. The van der Waals surface area contributed by atoms with Gasteiger partial charge in [-0.05, 0) is 13.3 Å². The first-order valence-electron chi connectivity index (χ1n) is 6.68. The lowest BCUT2D eigenvalue weighted by Gasteiger charge is -2.24. The zero-order valence-corrected chi connectivity index (χ0v) is 12.4. The number of aromatic nitrogens is 1. The second-order valence-corrected chi connectivity index (χ2v) is 6.26. The van der Waals surface area contributed by atoms with Crippen LogP contribution in [-0.4, -0.2) is 29.0 Å². The topological polar surface area (TPSA) is 28.2 Å². The molecule has 1 aliphatic heterocycles. The Balaban J connectivity index is 1.84. The molecule has 1 aliphatic rings. The summed E-state index contributed by atoms with van der Waals surface area (Å²) in [5.74, 6) is 0. The summed E-state index contributed by atoms with van der Waals surface area (Å²) in [7, 11) is 0. The smallest absolute Gasteiger partial charge is 0.107 e. The number of nitrogens with one attached hydrogen (secondary N) is 1. The minimum atomic E-state index is 0.521. The monoisotopic (exact) mass is 265 g/mol. The second-order valence-electron chi connectivity index (χ2n) is 5.32. The van der Waals surface area contributed by atoms with Crippen molar-refractivity contribution in [2.45, 2.75) is 46.3 Å². The van der Waals surface area contributed by atoms with Crippen LogP contribution in [0, 0.1) is 0 Å². The van der Waals surface area contributed by atoms with Gasteiger partial charge in [0.05, 0.1) is 5.69 Å². The van der Waals surface area contributed by atoms with Crippen LogP contribution in [0.5, 0.6) is 0 Å². The molecule has 2 heterocycles. The Hall–Kier alpha value is -0.710. The van der Waals surface area contributed by atoms with Gasteiger partial charge in [0.2, 0.25) is 0 Å². The fraction of sp³-hybridized carbons (Fsp3) is 0.643. The van der Waals surface area contributed by atoms with E-state index < -0.39 is 0 Å². The molecule has 1 aromatic heterocycles. The van der Waals surface area contributed by atoms with Gasteiger partial charge >= 0.3 is 0 Å². The SMILES string of the molecule is CC1=CCCN(Cc2csc(CNC(C)C)n2)C1. The van der Waals surface area contributed by atoms with Crippen LogP contribution in [0.2, 0.25) is 0 Å². The lowest BCUT2D eigenvalue weighted by atomic mass is 10.1. The summed E-state index contributed by atoms with van der Waals surface area (Å²) < 4.78 is 0. The Kier molecular flexibility index (Phi) is 4.92. The summed E-state index contributed by atoms with van der Waals surface area (Å²) in [6, 6.07) is 0.521. The molecule has 0 spiro atoms. The van der Waals surface area contributed by atoms with Crippen LogP contribution >= 0.6 is 11.3 Å². The van der Waals surface area contributed by atoms with E-state index >= 15 is 0 Å². The molecule has 0 aliphatic carbocycles. The van der Waals surface area contributed by atoms with E-state index in [-0.39, 0.29) is 0 Å². The Morgan fingerprint density at radius 3 is 3.06 bits per heavy atom. The van der Waals surface area contributed by atoms with Crippen LogP contribution in [0.4, 0.5) is 0 Å². The van der Waals surface area contributed by atoms with Gasteiger partial charge < -0.3 is 5.32 Å². The molecule has 0 radical (unpaired) electrons. The predicted octanol–water partition coefficient (Wildman–Crippen LogP) is 2.79. The molecule has 100 valence electrons. The third kappa shape index (κ3) is 4.19. The number of rotatable bonds is 5. The maximum absolute atomic E-state index is 4.70. The maximum atomic E-state index is 4.70. The summed E-state index contributed by atoms with van der Waals surface area (Å²) in [6.45, 7) is 10.7. The van der Waals surface area contributed by atoms with Crippen molar-refractivity contribution in [1.82, 2.24) is 15.2 Å². The number of hydrogen-bond acceptors (Lipinski definition) is 4. The van der Waals surface area contributed by atoms with Gasteiger partial charge in [0, 0.05) is 37.6 Å². The summed E-state index contributed by atoms with van der Waals surface area (Å²) in [6.07, 6.45) is 3.52. The van der Waals surface area contributed by atoms with Crippen molar-refractivity contribution in [3.05, 3.63) is 27.7 Å². The van der Waals surface area contributed by atoms with E-state index in [1.165, 1.54) is 22.7 Å². The molecule has 0 amide bonds. The van der Waals surface area contributed by atoms with Gasteiger partial charge in [-0.1, -0.05) is 25.5 Å². The van der Waals surface area contributed by atoms with Crippen molar-refractivity contribution in [3.8, 4) is 0 Å². The van der Waals surface area contributed by atoms with Crippen molar-refractivity contribution < 1.29 is 0 Å². The molecular weight excluding hydrogens is 242 g/mol. The largest absolute Gasteiger partial charge is 0.308 e. The van der Waals surface area contributed by atoms with Crippen LogP contribution in [0.25, 0.3) is 0 Å². The molecule has 0 unspecified atom stereocenters. The van der Waals surface area contributed by atoms with Gasteiger partial charge in [0.15, 0.2) is 0 Å². The average molecular weight is 265 g/mol. The standard InChI is InChI=1S/C14H23N3S/c1-11(2)15-7-14-16-13(10-18-14)9-17-6-4-5-12(3)8-17/h5,10-11,15H,4,6-9H2,1-3H3. The Morgan fingerprint density at radius 1 is 1.50 bits per heavy atom. The Bertz CT molecular complexity index is 409. The van der Waals surface area contributed by atoms with Gasteiger partial charge in [0.1, 0.15) is 5.01 Å². The van der Waals surface area contributed by atoms with Crippen LogP contribution in [0.3, 0.4) is 0 Å². The third-order valence-corrected chi connectivity index (χ3v) is 3.96. The van der Waals surface area contributed by atoms with Crippen LogP contribution in [0.1, 0.15) is 37.9 Å². The van der Waals surface area contributed by atoms with E-state index in [9.17, 15) is 0 Å². The molecule has 2 rings (SSSR count). The summed E-state index contributed by atoms with van der Waals surface area (Å²) in [5, 5.41) is 6.81. The number of nitrogens with zero attached hydrogens (tertiary/aromatic N) is 2. The molecule has 18 heavy (non-hydrogen) atoms. The molecule has 3 nitrogen and oxygen atoms in total. The van der Waals surface area contributed by atoms with Crippen molar-refractivity contribution in [2.24, 2.45) is 0 Å².